The van der Waals surface area contributed by atoms with Crippen molar-refractivity contribution in [3.8, 4) is 5.75 Å². The predicted octanol–water partition coefficient (Wildman–Crippen LogP) is 2.43. The Morgan fingerprint density at radius 2 is 2.04 bits per heavy atom. The number of ether oxygens (including phenoxy) is 1. The van der Waals surface area contributed by atoms with E-state index in [4.69, 9.17) is 9.84 Å². The van der Waals surface area contributed by atoms with Gasteiger partial charge in [-0.05, 0) is 37.5 Å². The van der Waals surface area contributed by atoms with Crippen LogP contribution in [0.3, 0.4) is 0 Å². The number of nitrogens with one attached hydrogen (secondary N) is 1. The summed E-state index contributed by atoms with van der Waals surface area (Å²) >= 11 is 0. The number of hydrogen-bond acceptors (Lipinski definition) is 3. The molecule has 0 aliphatic rings. The van der Waals surface area contributed by atoms with Gasteiger partial charge in [-0.3, -0.25) is 4.79 Å². The molecule has 6 heteroatoms. The molecule has 1 aromatic rings. The van der Waals surface area contributed by atoms with E-state index in [1.54, 1.807) is 14.0 Å². The van der Waals surface area contributed by atoms with E-state index in [0.717, 1.165) is 11.3 Å². The van der Waals surface area contributed by atoms with Crippen LogP contribution in [0.2, 0.25) is 0 Å². The molecule has 23 heavy (non-hydrogen) atoms. The number of carboxylic acid groups (broad SMARTS) is 1. The van der Waals surface area contributed by atoms with E-state index in [0.29, 0.717) is 19.6 Å². The number of rotatable bonds is 8. The van der Waals surface area contributed by atoms with Crippen LogP contribution in [0.25, 0.3) is 0 Å². The third-order valence-corrected chi connectivity index (χ3v) is 3.73. The van der Waals surface area contributed by atoms with E-state index < -0.39 is 11.9 Å². The third-order valence-electron chi connectivity index (χ3n) is 3.73. The minimum Gasteiger partial charge on any atom is -0.493 e. The standard InChI is InChI=1S/C17H26N2O4/c1-12-7-5-8-15(14(12)3)23-10-6-9-18-17(22)19(4)11-13(2)16(20)21/h5,7-8,13H,6,9-11H2,1-4H3,(H,18,22)(H,20,21). The first-order chi connectivity index (χ1) is 10.8. The number of carboxylic acids is 1. The van der Waals surface area contributed by atoms with E-state index >= 15 is 0 Å². The lowest BCUT2D eigenvalue weighted by atomic mass is 10.1. The number of nitrogens with zero attached hydrogens (tertiary/aromatic N) is 1. The molecule has 1 rings (SSSR count). The van der Waals surface area contributed by atoms with Crippen molar-refractivity contribution in [3.63, 3.8) is 0 Å². The Balaban J connectivity index is 2.25. The summed E-state index contributed by atoms with van der Waals surface area (Å²) in [6, 6.07) is 5.65. The first-order valence-electron chi connectivity index (χ1n) is 7.73. The maximum absolute atomic E-state index is 11.8. The maximum Gasteiger partial charge on any atom is 0.317 e. The highest BCUT2D eigenvalue weighted by molar-refractivity contribution is 5.75. The van der Waals surface area contributed by atoms with E-state index in [-0.39, 0.29) is 12.6 Å². The number of carbonyl (C=O) groups excluding carboxylic acids is 1. The zero-order valence-electron chi connectivity index (χ0n) is 14.3. The van der Waals surface area contributed by atoms with Crippen molar-refractivity contribution in [1.82, 2.24) is 10.2 Å². The Morgan fingerprint density at radius 3 is 2.70 bits per heavy atom. The van der Waals surface area contributed by atoms with Gasteiger partial charge in [-0.15, -0.1) is 0 Å². The molecule has 0 saturated heterocycles. The fourth-order valence-corrected chi connectivity index (χ4v) is 2.04. The second kappa shape index (κ2) is 9.02. The van der Waals surface area contributed by atoms with Gasteiger partial charge in [0.2, 0.25) is 0 Å². The second-order valence-corrected chi connectivity index (χ2v) is 5.75. The van der Waals surface area contributed by atoms with Crippen LogP contribution >= 0.6 is 0 Å². The van der Waals surface area contributed by atoms with Crippen molar-refractivity contribution in [2.24, 2.45) is 5.92 Å². The Kier molecular flexibility index (Phi) is 7.38. The Morgan fingerprint density at radius 1 is 1.35 bits per heavy atom. The van der Waals surface area contributed by atoms with Gasteiger partial charge in [0.25, 0.3) is 0 Å². The molecule has 0 spiro atoms. The van der Waals surface area contributed by atoms with E-state index in [1.807, 2.05) is 32.0 Å². The van der Waals surface area contributed by atoms with Gasteiger partial charge in [-0.1, -0.05) is 19.1 Å². The highest BCUT2D eigenvalue weighted by atomic mass is 16.5. The highest BCUT2D eigenvalue weighted by Gasteiger charge is 2.16. The first kappa shape index (κ1) is 18.8. The zero-order valence-corrected chi connectivity index (χ0v) is 14.3. The molecule has 0 radical (unpaired) electrons. The van der Waals surface area contributed by atoms with Gasteiger partial charge in [0.05, 0.1) is 12.5 Å². The molecular formula is C17H26N2O4. The summed E-state index contributed by atoms with van der Waals surface area (Å²) in [7, 11) is 1.58. The van der Waals surface area contributed by atoms with Crippen LogP contribution in [0.1, 0.15) is 24.5 Å². The lowest BCUT2D eigenvalue weighted by molar-refractivity contribution is -0.141. The molecule has 0 saturated carbocycles. The van der Waals surface area contributed by atoms with Crippen molar-refractivity contribution in [3.05, 3.63) is 29.3 Å². The van der Waals surface area contributed by atoms with Crippen molar-refractivity contribution >= 4 is 12.0 Å². The highest BCUT2D eigenvalue weighted by Crippen LogP contribution is 2.20. The number of carbonyl (C=O) groups is 2. The quantitative estimate of drug-likeness (QED) is 0.721. The van der Waals surface area contributed by atoms with Crippen molar-refractivity contribution < 1.29 is 19.4 Å². The molecule has 0 aliphatic heterocycles. The van der Waals surface area contributed by atoms with Crippen molar-refractivity contribution in [2.75, 3.05) is 26.7 Å². The molecule has 0 heterocycles. The van der Waals surface area contributed by atoms with E-state index in [1.165, 1.54) is 10.5 Å². The number of aryl methyl sites for hydroxylation is 1. The summed E-state index contributed by atoms with van der Waals surface area (Å²) in [5, 5.41) is 11.6. The van der Waals surface area contributed by atoms with Gasteiger partial charge in [0.1, 0.15) is 5.75 Å². The van der Waals surface area contributed by atoms with Gasteiger partial charge in [0.15, 0.2) is 0 Å². The van der Waals surface area contributed by atoms with Crippen molar-refractivity contribution in [2.45, 2.75) is 27.2 Å². The minimum absolute atomic E-state index is 0.181. The molecule has 0 bridgehead atoms. The van der Waals surface area contributed by atoms with Crippen LogP contribution in [0, 0.1) is 19.8 Å². The Bertz CT molecular complexity index is 545. The molecule has 2 N–H and O–H groups in total. The van der Waals surface area contributed by atoms with Crippen LogP contribution < -0.4 is 10.1 Å². The fraction of sp³-hybridized carbons (Fsp3) is 0.529. The predicted molar refractivity (Wildman–Crippen MR) is 88.9 cm³/mol. The zero-order chi connectivity index (χ0) is 17.4. The number of hydrogen-bond donors (Lipinski definition) is 2. The largest absolute Gasteiger partial charge is 0.493 e. The third kappa shape index (κ3) is 6.18. The summed E-state index contributed by atoms with van der Waals surface area (Å²) in [5.74, 6) is -0.631. The van der Waals surface area contributed by atoms with Crippen molar-refractivity contribution in [1.29, 1.82) is 0 Å². The molecule has 0 aliphatic carbocycles. The van der Waals surface area contributed by atoms with Gasteiger partial charge in [0, 0.05) is 20.1 Å². The molecule has 2 amide bonds. The number of amides is 2. The summed E-state index contributed by atoms with van der Waals surface area (Å²) < 4.78 is 5.71. The van der Waals surface area contributed by atoms with E-state index in [2.05, 4.69) is 5.32 Å². The SMILES string of the molecule is Cc1cccc(OCCCNC(=O)N(C)CC(C)C(=O)O)c1C. The lowest BCUT2D eigenvalue weighted by Crippen LogP contribution is -2.41. The monoisotopic (exact) mass is 322 g/mol. The average molecular weight is 322 g/mol. The topological polar surface area (TPSA) is 78.9 Å². The van der Waals surface area contributed by atoms with Crippen LogP contribution in [0.15, 0.2) is 18.2 Å². The maximum atomic E-state index is 11.8. The van der Waals surface area contributed by atoms with Crippen LogP contribution in [0.5, 0.6) is 5.75 Å². The second-order valence-electron chi connectivity index (χ2n) is 5.75. The van der Waals surface area contributed by atoms with Crippen LogP contribution in [-0.4, -0.2) is 48.8 Å². The molecule has 1 atom stereocenters. The van der Waals surface area contributed by atoms with Gasteiger partial charge in [-0.25, -0.2) is 4.79 Å². The average Bonchev–Trinajstić information content (AvgIpc) is 2.50. The Hall–Kier alpha value is -2.24. The summed E-state index contributed by atoms with van der Waals surface area (Å²) in [6.45, 7) is 6.81. The fourth-order valence-electron chi connectivity index (χ4n) is 2.04. The summed E-state index contributed by atoms with van der Waals surface area (Å²) in [4.78, 5) is 24.0. The van der Waals surface area contributed by atoms with Crippen LogP contribution in [0.4, 0.5) is 4.79 Å². The van der Waals surface area contributed by atoms with E-state index in [9.17, 15) is 9.59 Å². The first-order valence-corrected chi connectivity index (χ1v) is 7.73. The van der Waals surface area contributed by atoms with Gasteiger partial charge < -0.3 is 20.1 Å². The van der Waals surface area contributed by atoms with Crippen LogP contribution in [-0.2, 0) is 4.79 Å². The number of urea groups is 1. The van der Waals surface area contributed by atoms with Gasteiger partial charge in [-0.2, -0.15) is 0 Å². The smallest absolute Gasteiger partial charge is 0.317 e. The molecular weight excluding hydrogens is 296 g/mol. The lowest BCUT2D eigenvalue weighted by Gasteiger charge is -2.20. The molecule has 128 valence electrons. The summed E-state index contributed by atoms with van der Waals surface area (Å²) in [6.07, 6.45) is 0.682. The Labute approximate surface area is 137 Å². The molecule has 6 nitrogen and oxygen atoms in total. The number of aliphatic carboxylic acids is 1. The number of benzene rings is 1. The van der Waals surface area contributed by atoms with Gasteiger partial charge >= 0.3 is 12.0 Å². The molecule has 1 unspecified atom stereocenters. The molecule has 0 fully saturated rings. The minimum atomic E-state index is -0.911. The summed E-state index contributed by atoms with van der Waals surface area (Å²) in [5.41, 5.74) is 2.31. The molecule has 0 aromatic heterocycles. The normalized spacial score (nSPS) is 11.7. The molecule has 1 aromatic carbocycles.